The van der Waals surface area contributed by atoms with Gasteiger partial charge in [0.05, 0.1) is 6.42 Å². The first-order valence-corrected chi connectivity index (χ1v) is 6.51. The minimum absolute atomic E-state index is 0.0377. The molecule has 0 aromatic heterocycles. The van der Waals surface area contributed by atoms with Gasteiger partial charge in [-0.1, -0.05) is 0 Å². The van der Waals surface area contributed by atoms with Gasteiger partial charge in [0.25, 0.3) is 0 Å². The van der Waals surface area contributed by atoms with Crippen LogP contribution in [-0.4, -0.2) is 42.5 Å². The van der Waals surface area contributed by atoms with Crippen molar-refractivity contribution in [1.82, 2.24) is 5.32 Å². The summed E-state index contributed by atoms with van der Waals surface area (Å²) in [5, 5.41) is 11.4. The summed E-state index contributed by atoms with van der Waals surface area (Å²) in [5.41, 5.74) is -0.532. The number of hydrogen-bond acceptors (Lipinski definition) is 4. The Hall–Kier alpha value is -1.30. The predicted molar refractivity (Wildman–Crippen MR) is 71.1 cm³/mol. The topological polar surface area (TPSA) is 84.9 Å². The first-order valence-electron chi connectivity index (χ1n) is 6.51. The number of amides is 1. The average Bonchev–Trinajstić information content (AvgIpc) is 2.22. The van der Waals surface area contributed by atoms with E-state index in [1.54, 1.807) is 20.8 Å². The van der Waals surface area contributed by atoms with Gasteiger partial charge >= 0.3 is 12.1 Å². The van der Waals surface area contributed by atoms with Gasteiger partial charge in [-0.3, -0.25) is 4.79 Å². The highest BCUT2D eigenvalue weighted by atomic mass is 16.6. The zero-order chi connectivity index (χ0) is 14.9. The molecule has 0 aromatic carbocycles. The summed E-state index contributed by atoms with van der Waals surface area (Å²) in [6.45, 7) is 8.53. The fourth-order valence-electron chi connectivity index (χ4n) is 1.47. The highest BCUT2D eigenvalue weighted by molar-refractivity contribution is 5.68. The average molecular weight is 275 g/mol. The van der Waals surface area contributed by atoms with Crippen LogP contribution in [0.3, 0.4) is 0 Å². The molecule has 0 saturated heterocycles. The maximum Gasteiger partial charge on any atom is 0.407 e. The van der Waals surface area contributed by atoms with Crippen molar-refractivity contribution in [2.75, 3.05) is 19.8 Å². The molecule has 112 valence electrons. The summed E-state index contributed by atoms with van der Waals surface area (Å²) >= 11 is 0. The van der Waals surface area contributed by atoms with E-state index in [-0.39, 0.29) is 12.3 Å². The van der Waals surface area contributed by atoms with Gasteiger partial charge in [-0.25, -0.2) is 4.79 Å². The number of hydrogen-bond donors (Lipinski definition) is 2. The minimum Gasteiger partial charge on any atom is -0.481 e. The number of aliphatic carboxylic acids is 1. The lowest BCUT2D eigenvalue weighted by Crippen LogP contribution is -2.34. The lowest BCUT2D eigenvalue weighted by Gasteiger charge is -2.20. The minimum atomic E-state index is -0.859. The largest absolute Gasteiger partial charge is 0.481 e. The third-order valence-electron chi connectivity index (χ3n) is 2.24. The first kappa shape index (κ1) is 17.7. The molecule has 0 aliphatic heterocycles. The van der Waals surface area contributed by atoms with Crippen molar-refractivity contribution in [2.24, 2.45) is 5.92 Å². The monoisotopic (exact) mass is 275 g/mol. The van der Waals surface area contributed by atoms with Crippen LogP contribution in [0.5, 0.6) is 0 Å². The fourth-order valence-corrected chi connectivity index (χ4v) is 1.47. The molecule has 0 aliphatic rings. The summed E-state index contributed by atoms with van der Waals surface area (Å²) in [4.78, 5) is 22.1. The number of carboxylic acids is 1. The van der Waals surface area contributed by atoms with Crippen molar-refractivity contribution in [3.8, 4) is 0 Å². The lowest BCUT2D eigenvalue weighted by atomic mass is 10.0. The molecule has 0 aliphatic carbocycles. The van der Waals surface area contributed by atoms with E-state index in [0.29, 0.717) is 26.2 Å². The highest BCUT2D eigenvalue weighted by Gasteiger charge is 2.17. The Morgan fingerprint density at radius 1 is 1.32 bits per heavy atom. The first-order chi connectivity index (χ1) is 8.74. The van der Waals surface area contributed by atoms with Crippen LogP contribution in [0.2, 0.25) is 0 Å². The molecule has 19 heavy (non-hydrogen) atoms. The Morgan fingerprint density at radius 2 is 1.95 bits per heavy atom. The maximum atomic E-state index is 11.4. The number of carbonyl (C=O) groups excluding carboxylic acids is 1. The molecule has 6 nitrogen and oxygen atoms in total. The van der Waals surface area contributed by atoms with Crippen LogP contribution >= 0.6 is 0 Å². The third kappa shape index (κ3) is 11.5. The van der Waals surface area contributed by atoms with Crippen LogP contribution in [0.4, 0.5) is 4.79 Å². The van der Waals surface area contributed by atoms with Gasteiger partial charge in [-0.05, 0) is 40.0 Å². The maximum absolute atomic E-state index is 11.4. The van der Waals surface area contributed by atoms with E-state index in [9.17, 15) is 9.59 Å². The Kier molecular flexibility index (Phi) is 8.14. The van der Waals surface area contributed by atoms with E-state index >= 15 is 0 Å². The Bertz CT molecular complexity index is 285. The molecule has 2 N–H and O–H groups in total. The summed E-state index contributed by atoms with van der Waals surface area (Å²) in [7, 11) is 0. The van der Waals surface area contributed by atoms with Crippen molar-refractivity contribution in [1.29, 1.82) is 0 Å². The summed E-state index contributed by atoms with van der Waals surface area (Å²) in [5.74, 6) is -0.964. The predicted octanol–water partition coefficient (Wildman–Crippen LogP) is 2.03. The molecule has 6 heteroatoms. The molecule has 1 atom stereocenters. The van der Waals surface area contributed by atoms with Crippen LogP contribution in [0.1, 0.15) is 40.5 Å². The Morgan fingerprint density at radius 3 is 2.42 bits per heavy atom. The zero-order valence-corrected chi connectivity index (χ0v) is 12.2. The van der Waals surface area contributed by atoms with Crippen LogP contribution in [0, 0.1) is 5.92 Å². The molecule has 0 heterocycles. The number of carbonyl (C=O) groups is 2. The normalized spacial score (nSPS) is 12.8. The molecule has 0 aromatic rings. The van der Waals surface area contributed by atoms with E-state index < -0.39 is 17.7 Å². The van der Waals surface area contributed by atoms with Crippen LogP contribution in [0.15, 0.2) is 0 Å². The molecule has 1 amide bonds. The number of alkyl carbamates (subject to hydrolysis) is 1. The van der Waals surface area contributed by atoms with E-state index in [0.717, 1.165) is 0 Å². The number of nitrogens with one attached hydrogen (secondary N) is 1. The highest BCUT2D eigenvalue weighted by Crippen LogP contribution is 2.10. The summed E-state index contributed by atoms with van der Waals surface area (Å²) in [6, 6.07) is 0. The lowest BCUT2D eigenvalue weighted by molar-refractivity contribution is -0.138. The molecule has 0 spiro atoms. The molecule has 1 unspecified atom stereocenters. The standard InChI is InChI=1S/C13H25NO5/c1-5-18-9-10(8-11(15)16)6-7-14-12(17)19-13(2,3)4/h10H,5-9H2,1-4H3,(H,14,17)(H,15,16). The van der Waals surface area contributed by atoms with Gasteiger partial charge in [0, 0.05) is 19.8 Å². The van der Waals surface area contributed by atoms with Gasteiger partial charge < -0.3 is 19.9 Å². The van der Waals surface area contributed by atoms with E-state index in [4.69, 9.17) is 14.6 Å². The molecule has 0 fully saturated rings. The van der Waals surface area contributed by atoms with Crippen molar-refractivity contribution >= 4 is 12.1 Å². The fraction of sp³-hybridized carbons (Fsp3) is 0.846. The molecule has 0 radical (unpaired) electrons. The van der Waals surface area contributed by atoms with Gasteiger partial charge in [0.1, 0.15) is 5.60 Å². The van der Waals surface area contributed by atoms with Gasteiger partial charge in [0.2, 0.25) is 0 Å². The van der Waals surface area contributed by atoms with Gasteiger partial charge in [-0.2, -0.15) is 0 Å². The van der Waals surface area contributed by atoms with Gasteiger partial charge in [0.15, 0.2) is 0 Å². The second-order valence-electron chi connectivity index (χ2n) is 5.34. The zero-order valence-electron chi connectivity index (χ0n) is 12.2. The van der Waals surface area contributed by atoms with Crippen LogP contribution in [0.25, 0.3) is 0 Å². The Balaban J connectivity index is 3.97. The summed E-state index contributed by atoms with van der Waals surface area (Å²) in [6.07, 6.45) is 0.0969. The van der Waals surface area contributed by atoms with Crippen LogP contribution < -0.4 is 5.32 Å². The smallest absolute Gasteiger partial charge is 0.407 e. The number of rotatable bonds is 8. The number of ether oxygens (including phenoxy) is 2. The second-order valence-corrected chi connectivity index (χ2v) is 5.34. The van der Waals surface area contributed by atoms with E-state index in [1.807, 2.05) is 6.92 Å². The molecule has 0 rings (SSSR count). The van der Waals surface area contributed by atoms with Gasteiger partial charge in [-0.15, -0.1) is 0 Å². The van der Waals surface area contributed by atoms with Crippen molar-refractivity contribution in [3.05, 3.63) is 0 Å². The summed E-state index contributed by atoms with van der Waals surface area (Å²) < 4.78 is 10.3. The second kappa shape index (κ2) is 8.74. The quantitative estimate of drug-likeness (QED) is 0.708. The number of carboxylic acid groups (broad SMARTS) is 1. The SMILES string of the molecule is CCOCC(CCNC(=O)OC(C)(C)C)CC(=O)O. The molecular weight excluding hydrogens is 250 g/mol. The van der Waals surface area contributed by atoms with Crippen LogP contribution in [-0.2, 0) is 14.3 Å². The van der Waals surface area contributed by atoms with Crippen molar-refractivity contribution < 1.29 is 24.2 Å². The molecule has 0 bridgehead atoms. The Labute approximate surface area is 114 Å². The van der Waals surface area contributed by atoms with E-state index in [2.05, 4.69) is 5.32 Å². The molecular formula is C13H25NO5. The third-order valence-corrected chi connectivity index (χ3v) is 2.24. The molecule has 0 saturated carbocycles. The van der Waals surface area contributed by atoms with Crippen molar-refractivity contribution in [3.63, 3.8) is 0 Å². The van der Waals surface area contributed by atoms with Crippen molar-refractivity contribution in [2.45, 2.75) is 46.1 Å². The van der Waals surface area contributed by atoms with E-state index in [1.165, 1.54) is 0 Å².